The summed E-state index contributed by atoms with van der Waals surface area (Å²) < 4.78 is 5.48. The molecular formula is C18H29N3O. The minimum Gasteiger partial charge on any atom is -0.378 e. The topological polar surface area (TPSA) is 19.0 Å². The van der Waals surface area contributed by atoms with Gasteiger partial charge in [0.15, 0.2) is 0 Å². The largest absolute Gasteiger partial charge is 0.378 e. The molecule has 0 N–H and O–H groups in total. The number of anilines is 1. The van der Waals surface area contributed by atoms with Crippen molar-refractivity contribution in [2.24, 2.45) is 0 Å². The van der Waals surface area contributed by atoms with Crippen molar-refractivity contribution in [2.45, 2.75) is 12.8 Å². The molecule has 0 aliphatic carbocycles. The van der Waals surface area contributed by atoms with Crippen molar-refractivity contribution in [3.63, 3.8) is 0 Å². The van der Waals surface area contributed by atoms with Gasteiger partial charge in [0.2, 0.25) is 0 Å². The van der Waals surface area contributed by atoms with Gasteiger partial charge in [-0.1, -0.05) is 18.2 Å². The van der Waals surface area contributed by atoms with Crippen LogP contribution in [-0.4, -0.2) is 75.9 Å². The Balaban J connectivity index is 1.51. The van der Waals surface area contributed by atoms with Crippen molar-refractivity contribution in [3.8, 4) is 0 Å². The third kappa shape index (κ3) is 4.22. The van der Waals surface area contributed by atoms with Gasteiger partial charge < -0.3 is 19.4 Å². The molecule has 2 aliphatic rings. The van der Waals surface area contributed by atoms with E-state index in [0.717, 1.165) is 26.3 Å². The summed E-state index contributed by atoms with van der Waals surface area (Å²) in [6, 6.07) is 8.91. The molecule has 0 bridgehead atoms. The van der Waals surface area contributed by atoms with E-state index >= 15 is 0 Å². The van der Waals surface area contributed by atoms with Gasteiger partial charge in [-0.25, -0.2) is 0 Å². The standard InChI is InChI=1S/C18H29N3O/c1-19-9-11-20(12-10-19)8-4-6-17-5-2-3-7-18(17)21-13-15-22-16-14-21/h2-3,5,7H,4,6,8-16H2,1H3. The first-order chi connectivity index (χ1) is 10.8. The van der Waals surface area contributed by atoms with Crippen LogP contribution < -0.4 is 4.90 Å². The molecule has 0 saturated carbocycles. The van der Waals surface area contributed by atoms with Crippen molar-refractivity contribution < 1.29 is 4.74 Å². The molecule has 2 heterocycles. The summed E-state index contributed by atoms with van der Waals surface area (Å²) in [5, 5.41) is 0. The Hall–Kier alpha value is -1.10. The zero-order chi connectivity index (χ0) is 15.2. The summed E-state index contributed by atoms with van der Waals surface area (Å²) in [4.78, 5) is 7.51. The number of morpholine rings is 1. The molecule has 122 valence electrons. The third-order valence-electron chi connectivity index (χ3n) is 4.86. The van der Waals surface area contributed by atoms with Crippen LogP contribution in [0.3, 0.4) is 0 Å². The van der Waals surface area contributed by atoms with Gasteiger partial charge in [0.1, 0.15) is 0 Å². The smallest absolute Gasteiger partial charge is 0.0642 e. The van der Waals surface area contributed by atoms with Crippen LogP contribution in [0, 0.1) is 0 Å². The lowest BCUT2D eigenvalue weighted by atomic mass is 10.1. The molecule has 0 radical (unpaired) electrons. The van der Waals surface area contributed by atoms with Crippen molar-refractivity contribution in [2.75, 3.05) is 71.0 Å². The maximum atomic E-state index is 5.48. The normalized spacial score (nSPS) is 21.2. The van der Waals surface area contributed by atoms with Crippen molar-refractivity contribution in [1.29, 1.82) is 0 Å². The first-order valence-electron chi connectivity index (χ1n) is 8.64. The Morgan fingerprint density at radius 1 is 0.955 bits per heavy atom. The Labute approximate surface area is 134 Å². The summed E-state index contributed by atoms with van der Waals surface area (Å²) in [5.41, 5.74) is 2.92. The quantitative estimate of drug-likeness (QED) is 0.824. The van der Waals surface area contributed by atoms with E-state index in [-0.39, 0.29) is 0 Å². The van der Waals surface area contributed by atoms with Gasteiger partial charge in [-0.05, 0) is 38.1 Å². The molecular weight excluding hydrogens is 274 g/mol. The van der Waals surface area contributed by atoms with Crippen LogP contribution in [0.4, 0.5) is 5.69 Å². The fourth-order valence-electron chi connectivity index (χ4n) is 3.40. The molecule has 1 aromatic carbocycles. The molecule has 2 saturated heterocycles. The zero-order valence-electron chi connectivity index (χ0n) is 13.8. The highest BCUT2D eigenvalue weighted by Gasteiger charge is 2.16. The number of hydrogen-bond donors (Lipinski definition) is 0. The molecule has 0 spiro atoms. The van der Waals surface area contributed by atoms with Gasteiger partial charge in [0.25, 0.3) is 0 Å². The Kier molecular flexibility index (Phi) is 5.70. The van der Waals surface area contributed by atoms with E-state index in [9.17, 15) is 0 Å². The van der Waals surface area contributed by atoms with Crippen molar-refractivity contribution >= 4 is 5.69 Å². The average Bonchev–Trinajstić information content (AvgIpc) is 2.58. The number of ether oxygens (including phenoxy) is 1. The highest BCUT2D eigenvalue weighted by Crippen LogP contribution is 2.22. The molecule has 0 amide bonds. The second-order valence-corrected chi connectivity index (χ2v) is 6.48. The highest BCUT2D eigenvalue weighted by atomic mass is 16.5. The summed E-state index contributed by atoms with van der Waals surface area (Å²) in [6.07, 6.45) is 2.44. The number of benzene rings is 1. The van der Waals surface area contributed by atoms with Crippen LogP contribution in [0.15, 0.2) is 24.3 Å². The van der Waals surface area contributed by atoms with E-state index in [1.165, 1.54) is 56.8 Å². The molecule has 4 nitrogen and oxygen atoms in total. The lowest BCUT2D eigenvalue weighted by Crippen LogP contribution is -2.44. The van der Waals surface area contributed by atoms with Crippen LogP contribution in [0.1, 0.15) is 12.0 Å². The minimum atomic E-state index is 0.857. The number of para-hydroxylation sites is 1. The van der Waals surface area contributed by atoms with Crippen LogP contribution in [0.25, 0.3) is 0 Å². The first kappa shape index (κ1) is 15.8. The van der Waals surface area contributed by atoms with E-state index < -0.39 is 0 Å². The van der Waals surface area contributed by atoms with Gasteiger partial charge >= 0.3 is 0 Å². The number of hydrogen-bond acceptors (Lipinski definition) is 4. The molecule has 0 aromatic heterocycles. The van der Waals surface area contributed by atoms with Crippen LogP contribution in [0.2, 0.25) is 0 Å². The van der Waals surface area contributed by atoms with E-state index in [1.807, 2.05) is 0 Å². The number of nitrogens with zero attached hydrogens (tertiary/aromatic N) is 3. The fourth-order valence-corrected chi connectivity index (χ4v) is 3.40. The Morgan fingerprint density at radius 2 is 1.68 bits per heavy atom. The SMILES string of the molecule is CN1CCN(CCCc2ccccc2N2CCOCC2)CC1. The number of rotatable bonds is 5. The molecule has 1 aromatic rings. The summed E-state index contributed by atoms with van der Waals surface area (Å²) in [6.45, 7) is 9.86. The molecule has 0 atom stereocenters. The second-order valence-electron chi connectivity index (χ2n) is 6.48. The van der Waals surface area contributed by atoms with E-state index in [4.69, 9.17) is 4.74 Å². The minimum absolute atomic E-state index is 0.857. The van der Waals surface area contributed by atoms with Gasteiger partial charge in [-0.15, -0.1) is 0 Å². The lowest BCUT2D eigenvalue weighted by molar-refractivity contribution is 0.122. The number of likely N-dealkylation sites (N-methyl/N-ethyl adjacent to an activating group) is 1. The Bertz CT molecular complexity index is 451. The lowest BCUT2D eigenvalue weighted by Gasteiger charge is -2.33. The molecule has 0 unspecified atom stereocenters. The molecule has 4 heteroatoms. The highest BCUT2D eigenvalue weighted by molar-refractivity contribution is 5.54. The van der Waals surface area contributed by atoms with Gasteiger partial charge in [0.05, 0.1) is 13.2 Å². The van der Waals surface area contributed by atoms with Crippen LogP contribution in [0.5, 0.6) is 0 Å². The molecule has 22 heavy (non-hydrogen) atoms. The summed E-state index contributed by atoms with van der Waals surface area (Å²) in [5.74, 6) is 0. The van der Waals surface area contributed by atoms with Crippen LogP contribution in [-0.2, 0) is 11.2 Å². The van der Waals surface area contributed by atoms with Gasteiger partial charge in [0, 0.05) is 45.0 Å². The summed E-state index contributed by atoms with van der Waals surface area (Å²) in [7, 11) is 2.22. The third-order valence-corrected chi connectivity index (χ3v) is 4.86. The van der Waals surface area contributed by atoms with Crippen LogP contribution >= 0.6 is 0 Å². The molecule has 2 fully saturated rings. The van der Waals surface area contributed by atoms with E-state index in [2.05, 4.69) is 46.0 Å². The van der Waals surface area contributed by atoms with Crippen molar-refractivity contribution in [1.82, 2.24) is 9.80 Å². The number of piperazine rings is 1. The maximum Gasteiger partial charge on any atom is 0.0642 e. The predicted molar refractivity (Wildman–Crippen MR) is 91.7 cm³/mol. The average molecular weight is 303 g/mol. The maximum absolute atomic E-state index is 5.48. The zero-order valence-corrected chi connectivity index (χ0v) is 13.8. The van der Waals surface area contributed by atoms with Gasteiger partial charge in [-0.2, -0.15) is 0 Å². The monoisotopic (exact) mass is 303 g/mol. The first-order valence-corrected chi connectivity index (χ1v) is 8.64. The summed E-state index contributed by atoms with van der Waals surface area (Å²) >= 11 is 0. The van der Waals surface area contributed by atoms with E-state index in [0.29, 0.717) is 0 Å². The molecule has 3 rings (SSSR count). The van der Waals surface area contributed by atoms with Gasteiger partial charge in [-0.3, -0.25) is 0 Å². The predicted octanol–water partition coefficient (Wildman–Crippen LogP) is 1.70. The molecule has 2 aliphatic heterocycles. The number of aryl methyl sites for hydroxylation is 1. The second kappa shape index (κ2) is 7.95. The Morgan fingerprint density at radius 3 is 2.45 bits per heavy atom. The van der Waals surface area contributed by atoms with Crippen molar-refractivity contribution in [3.05, 3.63) is 29.8 Å². The fraction of sp³-hybridized carbons (Fsp3) is 0.667. The van der Waals surface area contributed by atoms with E-state index in [1.54, 1.807) is 0 Å².